The largest absolute Gasteiger partial charge is 0.409 e. The number of hydrogen-bond donors (Lipinski definition) is 3. The van der Waals surface area contributed by atoms with Crippen molar-refractivity contribution in [3.05, 3.63) is 35.4 Å². The first kappa shape index (κ1) is 15.8. The smallest absolute Gasteiger partial charge is 0.170 e. The molecule has 21 heavy (non-hydrogen) atoms. The van der Waals surface area contributed by atoms with Crippen LogP contribution in [0.25, 0.3) is 0 Å². The molecule has 5 heteroatoms. The number of benzene rings is 1. The predicted octanol–water partition coefficient (Wildman–Crippen LogP) is 1.75. The number of nitrogens with one attached hydrogen (secondary N) is 1. The van der Waals surface area contributed by atoms with Gasteiger partial charge in [0.2, 0.25) is 0 Å². The fourth-order valence-corrected chi connectivity index (χ4v) is 2.74. The number of rotatable bonds is 6. The summed E-state index contributed by atoms with van der Waals surface area (Å²) in [6.07, 6.45) is 4.05. The molecule has 0 amide bonds. The number of oxime groups is 1. The van der Waals surface area contributed by atoms with Crippen molar-refractivity contribution in [3.8, 4) is 0 Å². The average Bonchev–Trinajstić information content (AvgIpc) is 2.53. The van der Waals surface area contributed by atoms with Crippen LogP contribution in [0.1, 0.15) is 37.3 Å². The van der Waals surface area contributed by atoms with Crippen LogP contribution >= 0.6 is 0 Å². The van der Waals surface area contributed by atoms with Gasteiger partial charge in [0, 0.05) is 24.7 Å². The molecular formula is C16H26N4O. The van der Waals surface area contributed by atoms with E-state index in [9.17, 15) is 0 Å². The van der Waals surface area contributed by atoms with Gasteiger partial charge in [0.25, 0.3) is 0 Å². The summed E-state index contributed by atoms with van der Waals surface area (Å²) in [5.74, 6) is 0.146. The molecule has 0 aromatic heterocycles. The van der Waals surface area contributed by atoms with Crippen LogP contribution in [-0.4, -0.2) is 41.6 Å². The van der Waals surface area contributed by atoms with Gasteiger partial charge in [-0.1, -0.05) is 35.8 Å². The van der Waals surface area contributed by atoms with Crippen LogP contribution < -0.4 is 11.1 Å². The van der Waals surface area contributed by atoms with E-state index in [4.69, 9.17) is 10.9 Å². The standard InChI is InChI=1S/C16H26N4O/c1-13(12-20-9-3-2-4-10-20)18-11-14-5-7-15(8-6-14)16(17)19-21/h5-8,13,18,21H,2-4,9-12H2,1H3,(H2,17,19). The van der Waals surface area contributed by atoms with Gasteiger partial charge in [-0.3, -0.25) is 0 Å². The molecule has 1 aromatic carbocycles. The summed E-state index contributed by atoms with van der Waals surface area (Å²) in [6, 6.07) is 8.25. The molecular weight excluding hydrogens is 264 g/mol. The number of amidine groups is 1. The second-order valence-corrected chi connectivity index (χ2v) is 5.83. The molecule has 0 spiro atoms. The molecule has 1 saturated heterocycles. The molecule has 4 N–H and O–H groups in total. The van der Waals surface area contributed by atoms with Crippen LogP contribution in [0, 0.1) is 0 Å². The summed E-state index contributed by atoms with van der Waals surface area (Å²) >= 11 is 0. The van der Waals surface area contributed by atoms with Gasteiger partial charge in [-0.25, -0.2) is 0 Å². The molecule has 1 aliphatic heterocycles. The second kappa shape index (κ2) is 8.00. The Morgan fingerprint density at radius 3 is 2.57 bits per heavy atom. The SMILES string of the molecule is CC(CN1CCCCC1)NCc1ccc(C(N)=NO)cc1. The van der Waals surface area contributed by atoms with E-state index in [2.05, 4.69) is 22.3 Å². The minimum atomic E-state index is 0.146. The third-order valence-electron chi connectivity index (χ3n) is 3.99. The van der Waals surface area contributed by atoms with Crippen molar-refractivity contribution in [3.63, 3.8) is 0 Å². The molecule has 1 atom stereocenters. The maximum absolute atomic E-state index is 8.64. The first-order valence-electron chi connectivity index (χ1n) is 7.71. The minimum Gasteiger partial charge on any atom is -0.409 e. The summed E-state index contributed by atoms with van der Waals surface area (Å²) in [6.45, 7) is 6.66. The third kappa shape index (κ3) is 5.02. The molecule has 0 radical (unpaired) electrons. The van der Waals surface area contributed by atoms with E-state index >= 15 is 0 Å². The summed E-state index contributed by atoms with van der Waals surface area (Å²) in [7, 11) is 0. The van der Waals surface area contributed by atoms with Gasteiger partial charge >= 0.3 is 0 Å². The normalized spacial score (nSPS) is 18.6. The van der Waals surface area contributed by atoms with Crippen LogP contribution in [0.4, 0.5) is 0 Å². The van der Waals surface area contributed by atoms with Gasteiger partial charge in [-0.2, -0.15) is 0 Å². The zero-order valence-electron chi connectivity index (χ0n) is 12.8. The fraction of sp³-hybridized carbons (Fsp3) is 0.562. The average molecular weight is 290 g/mol. The lowest BCUT2D eigenvalue weighted by Crippen LogP contribution is -2.41. The lowest BCUT2D eigenvalue weighted by atomic mass is 10.1. The zero-order valence-corrected chi connectivity index (χ0v) is 12.8. The van der Waals surface area contributed by atoms with E-state index in [1.807, 2.05) is 24.3 Å². The van der Waals surface area contributed by atoms with Gasteiger partial charge in [-0.05, 0) is 38.4 Å². The number of hydrogen-bond acceptors (Lipinski definition) is 4. The van der Waals surface area contributed by atoms with Crippen molar-refractivity contribution in [2.24, 2.45) is 10.9 Å². The Morgan fingerprint density at radius 1 is 1.29 bits per heavy atom. The molecule has 5 nitrogen and oxygen atoms in total. The highest BCUT2D eigenvalue weighted by molar-refractivity contribution is 5.96. The third-order valence-corrected chi connectivity index (χ3v) is 3.99. The van der Waals surface area contributed by atoms with Crippen LogP contribution in [0.15, 0.2) is 29.4 Å². The number of piperidine rings is 1. The van der Waals surface area contributed by atoms with E-state index in [0.717, 1.165) is 18.7 Å². The van der Waals surface area contributed by atoms with Crippen LogP contribution in [0.2, 0.25) is 0 Å². The maximum Gasteiger partial charge on any atom is 0.170 e. The zero-order chi connectivity index (χ0) is 15.1. The van der Waals surface area contributed by atoms with Crippen LogP contribution in [0.3, 0.4) is 0 Å². The van der Waals surface area contributed by atoms with Gasteiger partial charge < -0.3 is 21.2 Å². The monoisotopic (exact) mass is 290 g/mol. The summed E-state index contributed by atoms with van der Waals surface area (Å²) < 4.78 is 0. The van der Waals surface area contributed by atoms with E-state index in [-0.39, 0.29) is 5.84 Å². The predicted molar refractivity (Wildman–Crippen MR) is 85.5 cm³/mol. The second-order valence-electron chi connectivity index (χ2n) is 5.83. The van der Waals surface area contributed by atoms with Crippen molar-refractivity contribution in [1.82, 2.24) is 10.2 Å². The highest BCUT2D eigenvalue weighted by atomic mass is 16.4. The van der Waals surface area contributed by atoms with Gasteiger partial charge in [0.1, 0.15) is 0 Å². The molecule has 1 aliphatic rings. The maximum atomic E-state index is 8.64. The summed E-state index contributed by atoms with van der Waals surface area (Å²) in [5, 5.41) is 15.2. The topological polar surface area (TPSA) is 73.9 Å². The Kier molecular flexibility index (Phi) is 6.02. The Morgan fingerprint density at radius 2 is 1.95 bits per heavy atom. The minimum absolute atomic E-state index is 0.146. The lowest BCUT2D eigenvalue weighted by Gasteiger charge is -2.29. The number of likely N-dealkylation sites (tertiary alicyclic amines) is 1. The van der Waals surface area contributed by atoms with E-state index in [0.29, 0.717) is 6.04 Å². The Hall–Kier alpha value is -1.59. The Labute approximate surface area is 126 Å². The molecule has 0 saturated carbocycles. The van der Waals surface area contributed by atoms with E-state index in [1.54, 1.807) is 0 Å². The molecule has 0 bridgehead atoms. The van der Waals surface area contributed by atoms with Gasteiger partial charge in [0.05, 0.1) is 0 Å². The number of nitrogens with zero attached hydrogens (tertiary/aromatic N) is 2. The quantitative estimate of drug-likeness (QED) is 0.323. The first-order chi connectivity index (χ1) is 10.2. The van der Waals surface area contributed by atoms with Crippen molar-refractivity contribution in [2.75, 3.05) is 19.6 Å². The van der Waals surface area contributed by atoms with Crippen molar-refractivity contribution in [1.29, 1.82) is 0 Å². The first-order valence-corrected chi connectivity index (χ1v) is 7.71. The fourth-order valence-electron chi connectivity index (χ4n) is 2.74. The van der Waals surface area contributed by atoms with E-state index in [1.165, 1.54) is 37.9 Å². The van der Waals surface area contributed by atoms with Gasteiger partial charge in [0.15, 0.2) is 5.84 Å². The van der Waals surface area contributed by atoms with Crippen LogP contribution in [-0.2, 0) is 6.54 Å². The molecule has 2 rings (SSSR count). The van der Waals surface area contributed by atoms with Crippen molar-refractivity contribution < 1.29 is 5.21 Å². The van der Waals surface area contributed by atoms with Crippen LogP contribution in [0.5, 0.6) is 0 Å². The van der Waals surface area contributed by atoms with Gasteiger partial charge in [-0.15, -0.1) is 0 Å². The lowest BCUT2D eigenvalue weighted by molar-refractivity contribution is 0.209. The van der Waals surface area contributed by atoms with E-state index < -0.39 is 0 Å². The number of nitrogens with two attached hydrogens (primary N) is 1. The Balaban J connectivity index is 1.76. The molecule has 1 fully saturated rings. The van der Waals surface area contributed by atoms with Crippen molar-refractivity contribution in [2.45, 2.75) is 38.8 Å². The van der Waals surface area contributed by atoms with Crippen molar-refractivity contribution >= 4 is 5.84 Å². The summed E-state index contributed by atoms with van der Waals surface area (Å²) in [4.78, 5) is 2.54. The molecule has 116 valence electrons. The molecule has 1 unspecified atom stereocenters. The highest BCUT2D eigenvalue weighted by Gasteiger charge is 2.12. The Bertz CT molecular complexity index is 452. The molecule has 0 aliphatic carbocycles. The summed E-state index contributed by atoms with van der Waals surface area (Å²) in [5.41, 5.74) is 7.49. The highest BCUT2D eigenvalue weighted by Crippen LogP contribution is 2.09. The molecule has 1 aromatic rings. The molecule has 1 heterocycles.